The molecule has 0 heterocycles. The third-order valence-corrected chi connectivity index (χ3v) is 4.82. The Labute approximate surface area is 120 Å². The molecule has 5 heteroatoms. The second-order valence-electron chi connectivity index (χ2n) is 5.99. The van der Waals surface area contributed by atoms with E-state index < -0.39 is 5.97 Å². The van der Waals surface area contributed by atoms with Crippen molar-refractivity contribution in [1.29, 1.82) is 0 Å². The number of unbranched alkanes of at least 4 members (excludes halogenated alkanes) is 1. The van der Waals surface area contributed by atoms with E-state index in [1.54, 1.807) is 0 Å². The first-order valence-corrected chi connectivity index (χ1v) is 7.71. The van der Waals surface area contributed by atoms with Crippen LogP contribution in [0.2, 0.25) is 0 Å². The summed E-state index contributed by atoms with van der Waals surface area (Å²) in [5, 5.41) is 11.7. The maximum absolute atomic E-state index is 11.9. The van der Waals surface area contributed by atoms with Crippen molar-refractivity contribution < 1.29 is 19.4 Å². The quantitative estimate of drug-likeness (QED) is 0.669. The Morgan fingerprint density at radius 2 is 2.00 bits per heavy atom. The second-order valence-corrected chi connectivity index (χ2v) is 5.99. The van der Waals surface area contributed by atoms with Gasteiger partial charge in [0.25, 0.3) is 0 Å². The Kier molecular flexibility index (Phi) is 5.02. The molecule has 0 aromatic heterocycles. The fourth-order valence-corrected chi connectivity index (χ4v) is 3.47. The molecule has 1 amide bonds. The van der Waals surface area contributed by atoms with Crippen molar-refractivity contribution >= 4 is 11.9 Å². The minimum atomic E-state index is -0.794. The lowest BCUT2D eigenvalue weighted by Crippen LogP contribution is -2.67. The summed E-state index contributed by atoms with van der Waals surface area (Å²) >= 11 is 0. The Balaban J connectivity index is 1.68. The highest BCUT2D eigenvalue weighted by Gasteiger charge is 2.59. The van der Waals surface area contributed by atoms with Gasteiger partial charge in [-0.25, -0.2) is 0 Å². The molecule has 0 radical (unpaired) electrons. The highest BCUT2D eigenvalue weighted by atomic mass is 16.5. The predicted octanol–water partition coefficient (Wildman–Crippen LogP) is 2.10. The van der Waals surface area contributed by atoms with Gasteiger partial charge in [-0.2, -0.15) is 0 Å². The minimum absolute atomic E-state index is 0.0570. The van der Waals surface area contributed by atoms with Gasteiger partial charge in [0.2, 0.25) is 5.91 Å². The molecule has 1 spiro atoms. The van der Waals surface area contributed by atoms with Gasteiger partial charge in [0.05, 0.1) is 6.10 Å². The Morgan fingerprint density at radius 1 is 1.30 bits per heavy atom. The van der Waals surface area contributed by atoms with E-state index in [4.69, 9.17) is 9.84 Å². The van der Waals surface area contributed by atoms with Crippen molar-refractivity contribution in [3.8, 4) is 0 Å². The maximum atomic E-state index is 11.9. The highest BCUT2D eigenvalue weighted by molar-refractivity contribution is 5.76. The monoisotopic (exact) mass is 283 g/mol. The van der Waals surface area contributed by atoms with Gasteiger partial charge in [-0.3, -0.25) is 9.59 Å². The van der Waals surface area contributed by atoms with Crippen LogP contribution in [0.25, 0.3) is 0 Å². The number of aliphatic carboxylic acids is 1. The smallest absolute Gasteiger partial charge is 0.303 e. The van der Waals surface area contributed by atoms with Crippen molar-refractivity contribution in [2.24, 2.45) is 5.41 Å². The summed E-state index contributed by atoms with van der Waals surface area (Å²) in [5.74, 6) is -0.737. The number of carbonyl (C=O) groups excluding carboxylic acids is 1. The maximum Gasteiger partial charge on any atom is 0.303 e. The van der Waals surface area contributed by atoms with Gasteiger partial charge in [-0.05, 0) is 39.0 Å². The van der Waals surface area contributed by atoms with Crippen LogP contribution in [0.4, 0.5) is 0 Å². The molecule has 0 aromatic rings. The van der Waals surface area contributed by atoms with E-state index >= 15 is 0 Å². The predicted molar refractivity (Wildman–Crippen MR) is 74.3 cm³/mol. The third-order valence-electron chi connectivity index (χ3n) is 4.82. The Bertz CT molecular complexity index is 365. The summed E-state index contributed by atoms with van der Waals surface area (Å²) in [4.78, 5) is 22.3. The van der Waals surface area contributed by atoms with Crippen molar-refractivity contribution in [1.82, 2.24) is 5.32 Å². The molecular weight excluding hydrogens is 258 g/mol. The van der Waals surface area contributed by atoms with Gasteiger partial charge in [0.1, 0.15) is 0 Å². The lowest BCUT2D eigenvalue weighted by molar-refractivity contribution is -0.175. The molecule has 0 aromatic carbocycles. The van der Waals surface area contributed by atoms with Crippen LogP contribution in [0.15, 0.2) is 0 Å². The summed E-state index contributed by atoms with van der Waals surface area (Å²) in [6, 6.07) is 0.264. The second kappa shape index (κ2) is 6.57. The average Bonchev–Trinajstić information content (AvgIpc) is 2.31. The molecule has 2 saturated carbocycles. The number of rotatable bonds is 8. The highest BCUT2D eigenvalue weighted by Crippen LogP contribution is 2.57. The first-order valence-electron chi connectivity index (χ1n) is 7.71. The SMILES string of the molecule is CCOC1CC(NC(=O)CCCCC(=O)O)C12CCC2. The topological polar surface area (TPSA) is 75.6 Å². The first kappa shape index (κ1) is 15.3. The molecule has 2 rings (SSSR count). The lowest BCUT2D eigenvalue weighted by atomic mass is 9.51. The molecule has 114 valence electrons. The van der Waals surface area contributed by atoms with E-state index in [1.807, 2.05) is 6.92 Å². The molecule has 2 aliphatic carbocycles. The summed E-state index contributed by atoms with van der Waals surface area (Å²) in [7, 11) is 0. The van der Waals surface area contributed by atoms with Crippen LogP contribution >= 0.6 is 0 Å². The van der Waals surface area contributed by atoms with Crippen LogP contribution in [0.3, 0.4) is 0 Å². The Morgan fingerprint density at radius 3 is 2.55 bits per heavy atom. The molecule has 5 nitrogen and oxygen atoms in total. The zero-order chi connectivity index (χ0) is 14.6. The molecule has 0 bridgehead atoms. The minimum Gasteiger partial charge on any atom is -0.481 e. The zero-order valence-corrected chi connectivity index (χ0v) is 12.2. The molecule has 2 fully saturated rings. The van der Waals surface area contributed by atoms with Gasteiger partial charge in [-0.15, -0.1) is 0 Å². The number of ether oxygens (including phenoxy) is 1. The van der Waals surface area contributed by atoms with E-state index in [-0.39, 0.29) is 23.8 Å². The summed E-state index contributed by atoms with van der Waals surface area (Å²) in [6.45, 7) is 2.75. The summed E-state index contributed by atoms with van der Waals surface area (Å²) in [5.41, 5.74) is 0.201. The normalized spacial score (nSPS) is 26.6. The molecule has 2 atom stereocenters. The van der Waals surface area contributed by atoms with Crippen LogP contribution < -0.4 is 5.32 Å². The molecular formula is C15H25NO4. The summed E-state index contributed by atoms with van der Waals surface area (Å²) < 4.78 is 5.76. The van der Waals surface area contributed by atoms with E-state index in [1.165, 1.54) is 6.42 Å². The van der Waals surface area contributed by atoms with Gasteiger partial charge < -0.3 is 15.2 Å². The van der Waals surface area contributed by atoms with E-state index in [9.17, 15) is 9.59 Å². The van der Waals surface area contributed by atoms with Crippen LogP contribution in [-0.4, -0.2) is 35.7 Å². The molecule has 2 N–H and O–H groups in total. The number of carbonyl (C=O) groups is 2. The van der Waals surface area contributed by atoms with E-state index in [0.717, 1.165) is 25.9 Å². The van der Waals surface area contributed by atoms with Crippen LogP contribution in [0, 0.1) is 5.41 Å². The number of carboxylic acid groups (broad SMARTS) is 1. The first-order chi connectivity index (χ1) is 9.58. The van der Waals surface area contributed by atoms with Crippen molar-refractivity contribution in [3.63, 3.8) is 0 Å². The zero-order valence-electron chi connectivity index (χ0n) is 12.2. The van der Waals surface area contributed by atoms with Crippen LogP contribution in [0.1, 0.15) is 58.3 Å². The Hall–Kier alpha value is -1.10. The van der Waals surface area contributed by atoms with Crippen molar-refractivity contribution in [2.45, 2.75) is 70.4 Å². The molecule has 2 unspecified atom stereocenters. The third kappa shape index (κ3) is 3.14. The van der Waals surface area contributed by atoms with E-state index in [0.29, 0.717) is 25.4 Å². The fraction of sp³-hybridized carbons (Fsp3) is 0.867. The number of amides is 1. The number of nitrogens with one attached hydrogen (secondary N) is 1. The molecule has 20 heavy (non-hydrogen) atoms. The van der Waals surface area contributed by atoms with Gasteiger partial charge in [0, 0.05) is 30.9 Å². The lowest BCUT2D eigenvalue weighted by Gasteiger charge is -2.61. The standard InChI is InChI=1S/C15H25NO4/c1-2-20-12-10-11(15(12)8-5-9-15)16-13(17)6-3-4-7-14(18)19/h11-12H,2-10H2,1H3,(H,16,17)(H,18,19). The number of hydrogen-bond acceptors (Lipinski definition) is 3. The largest absolute Gasteiger partial charge is 0.481 e. The van der Waals surface area contributed by atoms with Crippen LogP contribution in [-0.2, 0) is 14.3 Å². The average molecular weight is 283 g/mol. The van der Waals surface area contributed by atoms with E-state index in [2.05, 4.69) is 5.32 Å². The van der Waals surface area contributed by atoms with Crippen molar-refractivity contribution in [2.75, 3.05) is 6.61 Å². The number of carboxylic acids is 1. The van der Waals surface area contributed by atoms with Gasteiger partial charge in [0.15, 0.2) is 0 Å². The molecule has 2 aliphatic rings. The van der Waals surface area contributed by atoms with Crippen molar-refractivity contribution in [3.05, 3.63) is 0 Å². The van der Waals surface area contributed by atoms with Gasteiger partial charge in [-0.1, -0.05) is 6.42 Å². The number of hydrogen-bond donors (Lipinski definition) is 2. The summed E-state index contributed by atoms with van der Waals surface area (Å²) in [6.07, 6.45) is 6.57. The molecule has 0 saturated heterocycles. The fourth-order valence-electron chi connectivity index (χ4n) is 3.47. The van der Waals surface area contributed by atoms with Crippen LogP contribution in [0.5, 0.6) is 0 Å². The van der Waals surface area contributed by atoms with Gasteiger partial charge >= 0.3 is 5.97 Å². The molecule has 0 aliphatic heterocycles.